The van der Waals surface area contributed by atoms with Gasteiger partial charge in [-0.15, -0.1) is 10.2 Å². The molecule has 0 saturated heterocycles. The first-order valence-electron chi connectivity index (χ1n) is 8.47. The van der Waals surface area contributed by atoms with E-state index in [2.05, 4.69) is 10.2 Å². The van der Waals surface area contributed by atoms with Crippen LogP contribution in [-0.4, -0.2) is 16.2 Å². The summed E-state index contributed by atoms with van der Waals surface area (Å²) in [6.07, 6.45) is 0. The third-order valence-electron chi connectivity index (χ3n) is 4.04. The molecule has 0 N–H and O–H groups in total. The molecule has 5 heteroatoms. The van der Waals surface area contributed by atoms with Crippen LogP contribution >= 0.6 is 0 Å². The van der Waals surface area contributed by atoms with Gasteiger partial charge in [0.2, 0.25) is 11.8 Å². The first-order chi connectivity index (χ1) is 13.2. The first kappa shape index (κ1) is 16.7. The lowest BCUT2D eigenvalue weighted by atomic mass is 10.1. The monoisotopic (exact) mass is 356 g/mol. The molecule has 0 spiro atoms. The number of esters is 1. The fourth-order valence-electron chi connectivity index (χ4n) is 2.56. The van der Waals surface area contributed by atoms with E-state index in [1.54, 1.807) is 36.4 Å². The van der Waals surface area contributed by atoms with Crippen LogP contribution < -0.4 is 4.74 Å². The molecular formula is C22H16N2O3. The fourth-order valence-corrected chi connectivity index (χ4v) is 2.56. The van der Waals surface area contributed by atoms with Crippen LogP contribution in [0.25, 0.3) is 22.9 Å². The number of rotatable bonds is 4. The maximum Gasteiger partial charge on any atom is 0.343 e. The Hall–Kier alpha value is -3.73. The van der Waals surface area contributed by atoms with Gasteiger partial charge in [-0.05, 0) is 55.5 Å². The van der Waals surface area contributed by atoms with Gasteiger partial charge in [-0.2, -0.15) is 0 Å². The quantitative estimate of drug-likeness (QED) is 0.383. The number of aromatic nitrogens is 2. The average molecular weight is 356 g/mol. The zero-order valence-electron chi connectivity index (χ0n) is 14.6. The van der Waals surface area contributed by atoms with E-state index in [0.717, 1.165) is 16.7 Å². The molecule has 0 aliphatic carbocycles. The topological polar surface area (TPSA) is 65.2 Å². The predicted octanol–water partition coefficient (Wildman–Crippen LogP) is 4.93. The summed E-state index contributed by atoms with van der Waals surface area (Å²) in [7, 11) is 0. The smallest absolute Gasteiger partial charge is 0.343 e. The van der Waals surface area contributed by atoms with Crippen LogP contribution in [0.2, 0.25) is 0 Å². The molecule has 5 nitrogen and oxygen atoms in total. The molecule has 0 amide bonds. The standard InChI is InChI=1S/C22H16N2O3/c1-15-7-9-18(10-8-15)22(25)26-19-13-11-17(12-14-19)21-24-23-20(27-21)16-5-3-2-4-6-16/h2-14H,1H3. The molecule has 4 aromatic rings. The van der Waals surface area contributed by atoms with Gasteiger partial charge in [0.1, 0.15) is 5.75 Å². The normalized spacial score (nSPS) is 10.6. The highest BCUT2D eigenvalue weighted by Crippen LogP contribution is 2.25. The van der Waals surface area contributed by atoms with Crippen molar-refractivity contribution in [1.82, 2.24) is 10.2 Å². The van der Waals surface area contributed by atoms with E-state index >= 15 is 0 Å². The van der Waals surface area contributed by atoms with Crippen molar-refractivity contribution in [2.75, 3.05) is 0 Å². The number of nitrogens with zero attached hydrogens (tertiary/aromatic N) is 2. The maximum absolute atomic E-state index is 12.2. The molecule has 132 valence electrons. The Kier molecular flexibility index (Phi) is 4.49. The van der Waals surface area contributed by atoms with E-state index in [-0.39, 0.29) is 0 Å². The minimum atomic E-state index is -0.396. The molecule has 0 radical (unpaired) electrons. The molecule has 0 atom stereocenters. The van der Waals surface area contributed by atoms with Crippen molar-refractivity contribution in [3.63, 3.8) is 0 Å². The molecule has 0 aliphatic heterocycles. The fraction of sp³-hybridized carbons (Fsp3) is 0.0455. The Morgan fingerprint density at radius 2 is 1.37 bits per heavy atom. The highest BCUT2D eigenvalue weighted by Gasteiger charge is 2.12. The van der Waals surface area contributed by atoms with Crippen molar-refractivity contribution in [2.45, 2.75) is 6.92 Å². The molecule has 3 aromatic carbocycles. The molecule has 27 heavy (non-hydrogen) atoms. The predicted molar refractivity (Wildman–Crippen MR) is 101 cm³/mol. The third-order valence-corrected chi connectivity index (χ3v) is 4.04. The lowest BCUT2D eigenvalue weighted by Gasteiger charge is -2.05. The van der Waals surface area contributed by atoms with E-state index in [1.807, 2.05) is 49.4 Å². The van der Waals surface area contributed by atoms with Crippen molar-refractivity contribution in [3.8, 4) is 28.7 Å². The van der Waals surface area contributed by atoms with Crippen molar-refractivity contribution in [1.29, 1.82) is 0 Å². The van der Waals surface area contributed by atoms with E-state index in [9.17, 15) is 4.79 Å². The van der Waals surface area contributed by atoms with Crippen LogP contribution in [-0.2, 0) is 0 Å². The van der Waals surface area contributed by atoms with Gasteiger partial charge in [0, 0.05) is 11.1 Å². The molecule has 0 saturated carbocycles. The lowest BCUT2D eigenvalue weighted by Crippen LogP contribution is -2.08. The summed E-state index contributed by atoms with van der Waals surface area (Å²) in [5.41, 5.74) is 3.21. The number of carbonyl (C=O) groups is 1. The molecule has 1 heterocycles. The zero-order valence-corrected chi connectivity index (χ0v) is 14.6. The Morgan fingerprint density at radius 1 is 0.778 bits per heavy atom. The minimum absolute atomic E-state index is 0.396. The summed E-state index contributed by atoms with van der Waals surface area (Å²) in [4.78, 5) is 12.2. The van der Waals surface area contributed by atoms with Gasteiger partial charge in [0.15, 0.2) is 0 Å². The Bertz CT molecular complexity index is 1050. The molecule has 0 fully saturated rings. The van der Waals surface area contributed by atoms with Gasteiger partial charge >= 0.3 is 5.97 Å². The lowest BCUT2D eigenvalue weighted by molar-refractivity contribution is 0.0735. The maximum atomic E-state index is 12.2. The van der Waals surface area contributed by atoms with Crippen LogP contribution in [0.4, 0.5) is 0 Å². The molecular weight excluding hydrogens is 340 g/mol. The van der Waals surface area contributed by atoms with Gasteiger partial charge < -0.3 is 9.15 Å². The van der Waals surface area contributed by atoms with Crippen molar-refractivity contribution >= 4 is 5.97 Å². The Balaban J connectivity index is 1.48. The number of hydrogen-bond acceptors (Lipinski definition) is 5. The van der Waals surface area contributed by atoms with Gasteiger partial charge in [-0.3, -0.25) is 0 Å². The highest BCUT2D eigenvalue weighted by molar-refractivity contribution is 5.91. The first-order valence-corrected chi connectivity index (χ1v) is 8.47. The number of hydrogen-bond donors (Lipinski definition) is 0. The summed E-state index contributed by atoms with van der Waals surface area (Å²) < 4.78 is 11.1. The molecule has 4 rings (SSSR count). The van der Waals surface area contributed by atoms with Crippen LogP contribution in [0.15, 0.2) is 83.3 Å². The van der Waals surface area contributed by atoms with Crippen molar-refractivity contribution in [2.24, 2.45) is 0 Å². The Labute approximate surface area is 156 Å². The van der Waals surface area contributed by atoms with Gasteiger partial charge in [0.05, 0.1) is 5.56 Å². The summed E-state index contributed by atoms with van der Waals surface area (Å²) in [6.45, 7) is 1.97. The molecule has 0 aliphatic rings. The number of ether oxygens (including phenoxy) is 1. The zero-order chi connectivity index (χ0) is 18.6. The SMILES string of the molecule is Cc1ccc(C(=O)Oc2ccc(-c3nnc(-c4ccccc4)o3)cc2)cc1. The van der Waals surface area contributed by atoms with E-state index < -0.39 is 5.97 Å². The van der Waals surface area contributed by atoms with Gasteiger partial charge in [-0.1, -0.05) is 35.9 Å². The second-order valence-electron chi connectivity index (χ2n) is 6.06. The number of aryl methyl sites for hydroxylation is 1. The molecule has 0 unspecified atom stereocenters. The largest absolute Gasteiger partial charge is 0.423 e. The van der Waals surface area contributed by atoms with Gasteiger partial charge in [0.25, 0.3) is 0 Å². The van der Waals surface area contributed by atoms with Crippen LogP contribution in [0.5, 0.6) is 5.75 Å². The third kappa shape index (κ3) is 3.77. The number of carbonyl (C=O) groups excluding carboxylic acids is 1. The number of benzene rings is 3. The summed E-state index contributed by atoms with van der Waals surface area (Å²) in [6, 6.07) is 23.8. The summed E-state index contributed by atoms with van der Waals surface area (Å²) in [5.74, 6) is 0.921. The van der Waals surface area contributed by atoms with Crippen LogP contribution in [0.1, 0.15) is 15.9 Å². The summed E-state index contributed by atoms with van der Waals surface area (Å²) >= 11 is 0. The average Bonchev–Trinajstić information content (AvgIpc) is 3.20. The van der Waals surface area contributed by atoms with Crippen molar-refractivity contribution in [3.05, 3.63) is 90.0 Å². The van der Waals surface area contributed by atoms with Crippen LogP contribution in [0.3, 0.4) is 0 Å². The minimum Gasteiger partial charge on any atom is -0.423 e. The van der Waals surface area contributed by atoms with E-state index in [4.69, 9.17) is 9.15 Å². The Morgan fingerprint density at radius 3 is 2.00 bits per heavy atom. The molecule has 1 aromatic heterocycles. The van der Waals surface area contributed by atoms with Crippen molar-refractivity contribution < 1.29 is 13.9 Å². The molecule has 0 bridgehead atoms. The van der Waals surface area contributed by atoms with Gasteiger partial charge in [-0.25, -0.2) is 4.79 Å². The summed E-state index contributed by atoms with van der Waals surface area (Å²) in [5, 5.41) is 8.16. The van der Waals surface area contributed by atoms with E-state index in [0.29, 0.717) is 23.1 Å². The second kappa shape index (κ2) is 7.25. The van der Waals surface area contributed by atoms with E-state index in [1.165, 1.54) is 0 Å². The highest BCUT2D eigenvalue weighted by atomic mass is 16.5. The second-order valence-corrected chi connectivity index (χ2v) is 6.06. The van der Waals surface area contributed by atoms with Crippen LogP contribution in [0, 0.1) is 6.92 Å².